The minimum atomic E-state index is -0.217. The summed E-state index contributed by atoms with van der Waals surface area (Å²) in [5.74, 6) is -0.0818. The van der Waals surface area contributed by atoms with Gasteiger partial charge in [-0.2, -0.15) is 0 Å². The number of amides is 1. The number of benzene rings is 2. The van der Waals surface area contributed by atoms with Crippen LogP contribution in [0.5, 0.6) is 5.75 Å². The van der Waals surface area contributed by atoms with Crippen LogP contribution in [0.1, 0.15) is 10.4 Å². The van der Waals surface area contributed by atoms with Crippen molar-refractivity contribution in [2.45, 2.75) is 0 Å². The summed E-state index contributed by atoms with van der Waals surface area (Å²) >= 11 is 0. The van der Waals surface area contributed by atoms with E-state index in [1.807, 2.05) is 35.0 Å². The van der Waals surface area contributed by atoms with Crippen molar-refractivity contribution in [3.05, 3.63) is 72.8 Å². The highest BCUT2D eigenvalue weighted by Crippen LogP contribution is 2.15. The van der Waals surface area contributed by atoms with Crippen molar-refractivity contribution in [1.29, 1.82) is 0 Å². The van der Waals surface area contributed by atoms with E-state index in [-0.39, 0.29) is 11.7 Å². The normalized spacial score (nSPS) is 10.3. The standard InChI is InChI=1S/C16H13N3O2/c20-15-7-1-12(2-8-15)16(21)18-13-3-5-14(6-4-13)19-10-9-17-11-19/h1-11,20H,(H,18,21). The van der Waals surface area contributed by atoms with E-state index < -0.39 is 0 Å². The van der Waals surface area contributed by atoms with Crippen molar-refractivity contribution in [3.63, 3.8) is 0 Å². The molecule has 0 aliphatic heterocycles. The molecule has 1 amide bonds. The fourth-order valence-corrected chi connectivity index (χ4v) is 1.94. The molecule has 2 aromatic carbocycles. The lowest BCUT2D eigenvalue weighted by Crippen LogP contribution is -2.11. The molecule has 0 unspecified atom stereocenters. The molecular formula is C16H13N3O2. The number of aromatic hydroxyl groups is 1. The molecular weight excluding hydrogens is 266 g/mol. The van der Waals surface area contributed by atoms with Crippen LogP contribution in [-0.4, -0.2) is 20.6 Å². The van der Waals surface area contributed by atoms with E-state index >= 15 is 0 Å². The Morgan fingerprint density at radius 3 is 2.38 bits per heavy atom. The van der Waals surface area contributed by atoms with Crippen molar-refractivity contribution < 1.29 is 9.90 Å². The van der Waals surface area contributed by atoms with E-state index in [4.69, 9.17) is 0 Å². The summed E-state index contributed by atoms with van der Waals surface area (Å²) < 4.78 is 1.88. The molecule has 0 fully saturated rings. The van der Waals surface area contributed by atoms with Crippen LogP contribution >= 0.6 is 0 Å². The van der Waals surface area contributed by atoms with Gasteiger partial charge in [0.2, 0.25) is 0 Å². The van der Waals surface area contributed by atoms with Crippen molar-refractivity contribution in [2.75, 3.05) is 5.32 Å². The number of aromatic nitrogens is 2. The summed E-state index contributed by atoms with van der Waals surface area (Å²) in [6.45, 7) is 0. The number of phenols is 1. The number of phenolic OH excluding ortho intramolecular Hbond substituents is 1. The molecule has 0 aliphatic carbocycles. The van der Waals surface area contributed by atoms with Gasteiger partial charge in [0.05, 0.1) is 6.33 Å². The SMILES string of the molecule is O=C(Nc1ccc(-n2ccnc2)cc1)c1ccc(O)cc1. The fraction of sp³-hybridized carbons (Fsp3) is 0. The van der Waals surface area contributed by atoms with Gasteiger partial charge in [-0.1, -0.05) is 0 Å². The second-order valence-corrected chi connectivity index (χ2v) is 4.52. The van der Waals surface area contributed by atoms with E-state index in [2.05, 4.69) is 10.3 Å². The Balaban J connectivity index is 1.73. The first-order valence-corrected chi connectivity index (χ1v) is 6.41. The summed E-state index contributed by atoms with van der Waals surface area (Å²) in [6.07, 6.45) is 5.27. The van der Waals surface area contributed by atoms with Crippen LogP contribution in [0, 0.1) is 0 Å². The highest BCUT2D eigenvalue weighted by molar-refractivity contribution is 6.04. The molecule has 3 aromatic rings. The zero-order chi connectivity index (χ0) is 14.7. The summed E-state index contributed by atoms with van der Waals surface area (Å²) in [5.41, 5.74) is 2.17. The van der Waals surface area contributed by atoms with Gasteiger partial charge in [-0.05, 0) is 48.5 Å². The van der Waals surface area contributed by atoms with Crippen molar-refractivity contribution in [3.8, 4) is 11.4 Å². The molecule has 1 aromatic heterocycles. The third-order valence-electron chi connectivity index (χ3n) is 3.06. The number of nitrogens with zero attached hydrogens (tertiary/aromatic N) is 2. The fourth-order valence-electron chi connectivity index (χ4n) is 1.94. The Labute approximate surface area is 121 Å². The Bertz CT molecular complexity index is 732. The number of anilines is 1. The molecule has 0 saturated carbocycles. The highest BCUT2D eigenvalue weighted by atomic mass is 16.3. The van der Waals surface area contributed by atoms with Gasteiger partial charge in [0.25, 0.3) is 5.91 Å². The Kier molecular flexibility index (Phi) is 3.39. The molecule has 5 nitrogen and oxygen atoms in total. The lowest BCUT2D eigenvalue weighted by atomic mass is 10.2. The summed E-state index contributed by atoms with van der Waals surface area (Å²) in [6, 6.07) is 13.6. The smallest absolute Gasteiger partial charge is 0.255 e. The first-order chi connectivity index (χ1) is 10.2. The molecule has 3 rings (SSSR count). The number of carbonyl (C=O) groups excluding carboxylic acids is 1. The van der Waals surface area contributed by atoms with Gasteiger partial charge in [0.1, 0.15) is 5.75 Å². The van der Waals surface area contributed by atoms with Gasteiger partial charge in [-0.25, -0.2) is 4.98 Å². The van der Waals surface area contributed by atoms with Crippen LogP contribution in [0.25, 0.3) is 5.69 Å². The Morgan fingerprint density at radius 1 is 1.05 bits per heavy atom. The van der Waals surface area contributed by atoms with Crippen LogP contribution < -0.4 is 5.32 Å². The van der Waals surface area contributed by atoms with Gasteiger partial charge in [-0.15, -0.1) is 0 Å². The topological polar surface area (TPSA) is 67.2 Å². The van der Waals surface area contributed by atoms with Crippen LogP contribution in [0.2, 0.25) is 0 Å². The molecule has 21 heavy (non-hydrogen) atoms. The van der Waals surface area contributed by atoms with E-state index in [0.29, 0.717) is 11.3 Å². The largest absolute Gasteiger partial charge is 0.508 e. The monoisotopic (exact) mass is 279 g/mol. The average Bonchev–Trinajstić information content (AvgIpc) is 3.03. The third kappa shape index (κ3) is 2.92. The van der Waals surface area contributed by atoms with Crippen molar-refractivity contribution in [1.82, 2.24) is 9.55 Å². The van der Waals surface area contributed by atoms with E-state index in [9.17, 15) is 9.90 Å². The third-order valence-corrected chi connectivity index (χ3v) is 3.06. The molecule has 1 heterocycles. The molecule has 0 aliphatic rings. The lowest BCUT2D eigenvalue weighted by Gasteiger charge is -2.07. The van der Waals surface area contributed by atoms with Crippen molar-refractivity contribution >= 4 is 11.6 Å². The average molecular weight is 279 g/mol. The lowest BCUT2D eigenvalue weighted by molar-refractivity contribution is 0.102. The van der Waals surface area contributed by atoms with Crippen LogP contribution in [0.4, 0.5) is 5.69 Å². The highest BCUT2D eigenvalue weighted by Gasteiger charge is 2.06. The second-order valence-electron chi connectivity index (χ2n) is 4.52. The minimum Gasteiger partial charge on any atom is -0.508 e. The number of carbonyl (C=O) groups is 1. The number of imidazole rings is 1. The Morgan fingerprint density at radius 2 is 1.76 bits per heavy atom. The summed E-state index contributed by atoms with van der Waals surface area (Å²) in [4.78, 5) is 16.0. The van der Waals surface area contributed by atoms with Gasteiger partial charge >= 0.3 is 0 Å². The number of nitrogens with one attached hydrogen (secondary N) is 1. The molecule has 0 saturated heterocycles. The van der Waals surface area contributed by atoms with E-state index in [1.54, 1.807) is 24.7 Å². The molecule has 0 radical (unpaired) electrons. The number of hydrogen-bond acceptors (Lipinski definition) is 3. The summed E-state index contributed by atoms with van der Waals surface area (Å²) in [7, 11) is 0. The van der Waals surface area contributed by atoms with Crippen molar-refractivity contribution in [2.24, 2.45) is 0 Å². The van der Waals surface area contributed by atoms with Crippen LogP contribution in [-0.2, 0) is 0 Å². The first-order valence-electron chi connectivity index (χ1n) is 6.41. The van der Waals surface area contributed by atoms with Gasteiger partial charge in [0.15, 0.2) is 0 Å². The van der Waals surface area contributed by atoms with Gasteiger partial charge in [0, 0.05) is 29.3 Å². The zero-order valence-electron chi connectivity index (χ0n) is 11.1. The maximum Gasteiger partial charge on any atom is 0.255 e. The molecule has 0 atom stereocenters. The molecule has 0 bridgehead atoms. The quantitative estimate of drug-likeness (QED) is 0.774. The predicted molar refractivity (Wildman–Crippen MR) is 79.6 cm³/mol. The maximum absolute atomic E-state index is 12.0. The predicted octanol–water partition coefficient (Wildman–Crippen LogP) is 2.83. The van der Waals surface area contributed by atoms with Crippen LogP contribution in [0.15, 0.2) is 67.3 Å². The van der Waals surface area contributed by atoms with E-state index in [0.717, 1.165) is 5.69 Å². The number of rotatable bonds is 3. The van der Waals surface area contributed by atoms with Gasteiger partial charge < -0.3 is 15.0 Å². The first kappa shape index (κ1) is 12.9. The zero-order valence-corrected chi connectivity index (χ0v) is 11.1. The van der Waals surface area contributed by atoms with Crippen LogP contribution in [0.3, 0.4) is 0 Å². The molecule has 2 N–H and O–H groups in total. The molecule has 104 valence electrons. The second kappa shape index (κ2) is 5.50. The molecule has 5 heteroatoms. The molecule has 0 spiro atoms. The number of hydrogen-bond donors (Lipinski definition) is 2. The minimum absolute atomic E-state index is 0.135. The van der Waals surface area contributed by atoms with E-state index in [1.165, 1.54) is 12.1 Å². The Hall–Kier alpha value is -3.08. The van der Waals surface area contributed by atoms with Gasteiger partial charge in [-0.3, -0.25) is 4.79 Å². The summed E-state index contributed by atoms with van der Waals surface area (Å²) in [5, 5.41) is 12.0. The maximum atomic E-state index is 12.0.